The molecule has 4 rings (SSSR count). The molecule has 0 aliphatic carbocycles. The number of aromatic nitrogens is 2. The molecule has 0 spiro atoms. The highest BCUT2D eigenvalue weighted by molar-refractivity contribution is 6.33. The molecule has 0 bridgehead atoms. The molecule has 9 heteroatoms. The lowest BCUT2D eigenvalue weighted by Crippen LogP contribution is -2.50. The van der Waals surface area contributed by atoms with Crippen molar-refractivity contribution in [3.63, 3.8) is 0 Å². The Balaban J connectivity index is 1.50. The zero-order valence-corrected chi connectivity index (χ0v) is 15.9. The van der Waals surface area contributed by atoms with Crippen molar-refractivity contribution in [2.75, 3.05) is 26.2 Å². The van der Waals surface area contributed by atoms with E-state index in [9.17, 15) is 18.8 Å². The Bertz CT molecular complexity index is 1170. The summed E-state index contributed by atoms with van der Waals surface area (Å²) >= 11 is 5.98. The lowest BCUT2D eigenvalue weighted by Gasteiger charge is -2.34. The molecule has 2 aromatic carbocycles. The Morgan fingerprint density at radius 2 is 1.59 bits per heavy atom. The molecule has 1 N–H and O–H groups in total. The molecule has 29 heavy (non-hydrogen) atoms. The lowest BCUT2D eigenvalue weighted by molar-refractivity contribution is 0.0533. The largest absolute Gasteiger partial charge is 0.335 e. The van der Waals surface area contributed by atoms with E-state index < -0.39 is 5.82 Å². The lowest BCUT2D eigenvalue weighted by atomic mass is 10.1. The van der Waals surface area contributed by atoms with E-state index in [1.54, 1.807) is 34.1 Å². The van der Waals surface area contributed by atoms with E-state index in [2.05, 4.69) is 10.2 Å². The summed E-state index contributed by atoms with van der Waals surface area (Å²) in [4.78, 5) is 40.7. The molecule has 1 saturated heterocycles. The fraction of sp³-hybridized carbons (Fsp3) is 0.200. The van der Waals surface area contributed by atoms with Crippen molar-refractivity contribution in [2.45, 2.75) is 0 Å². The third-order valence-electron chi connectivity index (χ3n) is 4.91. The van der Waals surface area contributed by atoms with Crippen molar-refractivity contribution < 1.29 is 14.0 Å². The van der Waals surface area contributed by atoms with Crippen molar-refractivity contribution in [1.29, 1.82) is 0 Å². The van der Waals surface area contributed by atoms with Crippen molar-refractivity contribution in [1.82, 2.24) is 20.0 Å². The summed E-state index contributed by atoms with van der Waals surface area (Å²) in [7, 11) is 0. The SMILES string of the molecule is O=C(c1ccc(F)cc1Cl)N1CCN(C(=O)c2n[nH]c(=O)c3ccccc23)CC1. The average Bonchev–Trinajstić information content (AvgIpc) is 2.73. The highest BCUT2D eigenvalue weighted by Crippen LogP contribution is 2.21. The molecule has 148 valence electrons. The van der Waals surface area contributed by atoms with Gasteiger partial charge in [0, 0.05) is 31.6 Å². The van der Waals surface area contributed by atoms with Gasteiger partial charge in [-0.15, -0.1) is 0 Å². The van der Waals surface area contributed by atoms with Gasteiger partial charge in [0.25, 0.3) is 17.4 Å². The number of halogens is 2. The molecular weight excluding hydrogens is 399 g/mol. The van der Waals surface area contributed by atoms with Crippen molar-refractivity contribution >= 4 is 34.2 Å². The van der Waals surface area contributed by atoms with Gasteiger partial charge in [-0.25, -0.2) is 9.49 Å². The smallest absolute Gasteiger partial charge is 0.275 e. The molecule has 1 fully saturated rings. The molecule has 1 aliphatic heterocycles. The minimum atomic E-state index is -0.511. The Morgan fingerprint density at radius 3 is 2.24 bits per heavy atom. The van der Waals surface area contributed by atoms with Crippen LogP contribution in [0.1, 0.15) is 20.8 Å². The number of aromatic amines is 1. The van der Waals surface area contributed by atoms with Gasteiger partial charge in [-0.05, 0) is 24.3 Å². The number of fused-ring (bicyclic) bond motifs is 1. The van der Waals surface area contributed by atoms with Crippen molar-refractivity contribution in [2.24, 2.45) is 0 Å². The maximum Gasteiger partial charge on any atom is 0.275 e. The van der Waals surface area contributed by atoms with Crippen LogP contribution in [0.5, 0.6) is 0 Å². The molecular formula is C20H16ClFN4O3. The Labute approximate surface area is 169 Å². The van der Waals surface area contributed by atoms with Gasteiger partial charge in [-0.1, -0.05) is 29.8 Å². The van der Waals surface area contributed by atoms with E-state index in [0.29, 0.717) is 37.0 Å². The zero-order valence-electron chi connectivity index (χ0n) is 15.2. The van der Waals surface area contributed by atoms with Gasteiger partial charge >= 0.3 is 0 Å². The standard InChI is InChI=1S/C20H16ClFN4O3/c21-16-11-12(22)5-6-15(16)19(28)25-7-9-26(10-8-25)20(29)17-13-3-1-2-4-14(13)18(27)24-23-17/h1-6,11H,7-10H2,(H,24,27). The van der Waals surface area contributed by atoms with E-state index in [1.807, 2.05) is 0 Å². The van der Waals surface area contributed by atoms with E-state index in [1.165, 1.54) is 12.1 Å². The molecule has 0 unspecified atom stereocenters. The normalized spacial score (nSPS) is 14.3. The third kappa shape index (κ3) is 3.58. The topological polar surface area (TPSA) is 86.4 Å². The van der Waals surface area contributed by atoms with Crippen LogP contribution in [0.2, 0.25) is 5.02 Å². The number of H-pyrrole nitrogens is 1. The summed E-state index contributed by atoms with van der Waals surface area (Å²) in [6.07, 6.45) is 0. The monoisotopic (exact) mass is 414 g/mol. The molecule has 2 amide bonds. The fourth-order valence-corrected chi connectivity index (χ4v) is 3.62. The fourth-order valence-electron chi connectivity index (χ4n) is 3.37. The average molecular weight is 415 g/mol. The van der Waals surface area contributed by atoms with Gasteiger partial charge in [-0.2, -0.15) is 5.10 Å². The number of carbonyl (C=O) groups excluding carboxylic acids is 2. The first-order valence-corrected chi connectivity index (χ1v) is 9.34. The van der Waals surface area contributed by atoms with Crippen LogP contribution in [-0.2, 0) is 0 Å². The quantitative estimate of drug-likeness (QED) is 0.697. The first-order chi connectivity index (χ1) is 14.0. The minimum absolute atomic E-state index is 0.0532. The first-order valence-electron chi connectivity index (χ1n) is 8.97. The second-order valence-electron chi connectivity index (χ2n) is 6.66. The summed E-state index contributed by atoms with van der Waals surface area (Å²) in [5.41, 5.74) is 0.0337. The molecule has 0 atom stereocenters. The maximum atomic E-state index is 13.2. The highest BCUT2D eigenvalue weighted by Gasteiger charge is 2.28. The van der Waals surface area contributed by atoms with E-state index in [4.69, 9.17) is 11.6 Å². The number of hydrogen-bond donors (Lipinski definition) is 1. The van der Waals surface area contributed by atoms with Crippen LogP contribution in [0.4, 0.5) is 4.39 Å². The number of carbonyl (C=O) groups is 2. The Hall–Kier alpha value is -3.26. The van der Waals surface area contributed by atoms with E-state index in [-0.39, 0.29) is 33.7 Å². The molecule has 3 aromatic rings. The predicted octanol–water partition coefficient (Wildman–Crippen LogP) is 2.31. The van der Waals surface area contributed by atoms with Gasteiger partial charge in [0.2, 0.25) is 0 Å². The van der Waals surface area contributed by atoms with Crippen LogP contribution in [0, 0.1) is 5.82 Å². The van der Waals surface area contributed by atoms with E-state index in [0.717, 1.165) is 6.07 Å². The second-order valence-corrected chi connectivity index (χ2v) is 7.06. The van der Waals surface area contributed by atoms with Crippen LogP contribution in [-0.4, -0.2) is 58.0 Å². The van der Waals surface area contributed by atoms with Gasteiger partial charge in [0.05, 0.1) is 16.0 Å². The number of benzene rings is 2. The van der Waals surface area contributed by atoms with Crippen LogP contribution in [0.15, 0.2) is 47.3 Å². The Kier molecular flexibility index (Phi) is 5.02. The van der Waals surface area contributed by atoms with Crippen LogP contribution < -0.4 is 5.56 Å². The third-order valence-corrected chi connectivity index (χ3v) is 5.23. The number of hydrogen-bond acceptors (Lipinski definition) is 4. The van der Waals surface area contributed by atoms with Gasteiger partial charge < -0.3 is 9.80 Å². The number of amides is 2. The van der Waals surface area contributed by atoms with Crippen LogP contribution in [0.3, 0.4) is 0 Å². The van der Waals surface area contributed by atoms with Crippen LogP contribution >= 0.6 is 11.6 Å². The van der Waals surface area contributed by atoms with Crippen LogP contribution in [0.25, 0.3) is 10.8 Å². The molecule has 1 aromatic heterocycles. The number of piperazine rings is 1. The zero-order chi connectivity index (χ0) is 20.5. The second kappa shape index (κ2) is 7.63. The highest BCUT2D eigenvalue weighted by atomic mass is 35.5. The molecule has 0 saturated carbocycles. The minimum Gasteiger partial charge on any atom is -0.335 e. The number of nitrogens with one attached hydrogen (secondary N) is 1. The summed E-state index contributed by atoms with van der Waals surface area (Å²) in [5, 5.41) is 7.23. The van der Waals surface area contributed by atoms with Crippen molar-refractivity contribution in [3.8, 4) is 0 Å². The molecule has 2 heterocycles. The van der Waals surface area contributed by atoms with E-state index >= 15 is 0 Å². The molecule has 0 radical (unpaired) electrons. The number of nitrogens with zero attached hydrogens (tertiary/aromatic N) is 3. The first kappa shape index (κ1) is 19.1. The summed E-state index contributed by atoms with van der Waals surface area (Å²) < 4.78 is 13.2. The van der Waals surface area contributed by atoms with Gasteiger partial charge in [-0.3, -0.25) is 14.4 Å². The molecule has 1 aliphatic rings. The van der Waals surface area contributed by atoms with Gasteiger partial charge in [0.1, 0.15) is 5.82 Å². The summed E-state index contributed by atoms with van der Waals surface area (Å²) in [5.74, 6) is -1.14. The Morgan fingerprint density at radius 1 is 0.966 bits per heavy atom. The molecule has 7 nitrogen and oxygen atoms in total. The summed E-state index contributed by atoms with van der Waals surface area (Å²) in [6, 6.07) is 10.4. The maximum absolute atomic E-state index is 13.2. The number of rotatable bonds is 2. The summed E-state index contributed by atoms with van der Waals surface area (Å²) in [6.45, 7) is 1.22. The predicted molar refractivity (Wildman–Crippen MR) is 106 cm³/mol. The van der Waals surface area contributed by atoms with Gasteiger partial charge in [0.15, 0.2) is 5.69 Å². The van der Waals surface area contributed by atoms with Crippen molar-refractivity contribution in [3.05, 3.63) is 74.9 Å².